The van der Waals surface area contributed by atoms with E-state index in [0.29, 0.717) is 11.3 Å². The van der Waals surface area contributed by atoms with Gasteiger partial charge in [-0.05, 0) is 37.0 Å². The molecule has 1 aromatic rings. The van der Waals surface area contributed by atoms with Gasteiger partial charge in [-0.15, -0.1) is 0 Å². The number of halogens is 1. The van der Waals surface area contributed by atoms with Crippen LogP contribution in [0.4, 0.5) is 4.39 Å². The van der Waals surface area contributed by atoms with E-state index in [0.717, 1.165) is 31.3 Å². The van der Waals surface area contributed by atoms with Crippen molar-refractivity contribution in [3.8, 4) is 5.75 Å². The summed E-state index contributed by atoms with van der Waals surface area (Å²) in [7, 11) is 1.54. The van der Waals surface area contributed by atoms with Crippen molar-refractivity contribution in [2.45, 2.75) is 31.7 Å². The highest BCUT2D eigenvalue weighted by Crippen LogP contribution is 2.29. The van der Waals surface area contributed by atoms with Crippen molar-refractivity contribution in [1.29, 1.82) is 0 Å². The molecular formula is C14H18FNO. The molecule has 1 unspecified atom stereocenters. The van der Waals surface area contributed by atoms with Gasteiger partial charge in [-0.25, -0.2) is 4.39 Å². The Morgan fingerprint density at radius 3 is 2.88 bits per heavy atom. The SMILES string of the molecule is COc1ccc(C2=CC(N)CCCC2)c(F)c1. The van der Waals surface area contributed by atoms with Gasteiger partial charge in [0, 0.05) is 17.7 Å². The zero-order valence-corrected chi connectivity index (χ0v) is 10.1. The third-order valence-corrected chi connectivity index (χ3v) is 3.17. The van der Waals surface area contributed by atoms with E-state index >= 15 is 0 Å². The van der Waals surface area contributed by atoms with Crippen LogP contribution in [0, 0.1) is 5.82 Å². The molecule has 92 valence electrons. The van der Waals surface area contributed by atoms with Gasteiger partial charge < -0.3 is 10.5 Å². The van der Waals surface area contributed by atoms with E-state index in [-0.39, 0.29) is 11.9 Å². The Labute approximate surface area is 101 Å². The van der Waals surface area contributed by atoms with Crippen LogP contribution in [-0.2, 0) is 0 Å². The lowest BCUT2D eigenvalue weighted by atomic mass is 10.0. The third-order valence-electron chi connectivity index (χ3n) is 3.17. The predicted octanol–water partition coefficient (Wildman–Crippen LogP) is 3.12. The fraction of sp³-hybridized carbons (Fsp3) is 0.429. The van der Waals surface area contributed by atoms with Crippen molar-refractivity contribution in [2.24, 2.45) is 5.73 Å². The van der Waals surface area contributed by atoms with Gasteiger partial charge >= 0.3 is 0 Å². The van der Waals surface area contributed by atoms with Crippen molar-refractivity contribution in [3.63, 3.8) is 0 Å². The highest BCUT2D eigenvalue weighted by molar-refractivity contribution is 5.67. The summed E-state index contributed by atoms with van der Waals surface area (Å²) < 4.78 is 18.9. The Morgan fingerprint density at radius 1 is 1.35 bits per heavy atom. The Balaban J connectivity index is 2.32. The summed E-state index contributed by atoms with van der Waals surface area (Å²) in [4.78, 5) is 0. The summed E-state index contributed by atoms with van der Waals surface area (Å²) in [5.74, 6) is 0.314. The maximum absolute atomic E-state index is 13.9. The van der Waals surface area contributed by atoms with E-state index in [1.54, 1.807) is 12.1 Å². The highest BCUT2D eigenvalue weighted by atomic mass is 19.1. The second-order valence-corrected chi connectivity index (χ2v) is 4.45. The molecule has 0 heterocycles. The van der Waals surface area contributed by atoms with Gasteiger partial charge in [-0.1, -0.05) is 12.5 Å². The molecule has 1 aromatic carbocycles. The van der Waals surface area contributed by atoms with Crippen molar-refractivity contribution in [3.05, 3.63) is 35.7 Å². The van der Waals surface area contributed by atoms with Crippen molar-refractivity contribution in [2.75, 3.05) is 7.11 Å². The second kappa shape index (κ2) is 5.32. The summed E-state index contributed by atoms with van der Waals surface area (Å²) in [6.07, 6.45) is 6.07. The van der Waals surface area contributed by atoms with Gasteiger partial charge in [0.2, 0.25) is 0 Å². The molecule has 0 spiro atoms. The first-order valence-electron chi connectivity index (χ1n) is 6.01. The van der Waals surface area contributed by atoms with Crippen LogP contribution in [0.3, 0.4) is 0 Å². The number of rotatable bonds is 2. The Morgan fingerprint density at radius 2 is 2.18 bits per heavy atom. The van der Waals surface area contributed by atoms with Gasteiger partial charge in [0.05, 0.1) is 7.11 Å². The van der Waals surface area contributed by atoms with E-state index < -0.39 is 0 Å². The van der Waals surface area contributed by atoms with Gasteiger partial charge in [-0.3, -0.25) is 0 Å². The zero-order chi connectivity index (χ0) is 12.3. The monoisotopic (exact) mass is 235 g/mol. The first kappa shape index (κ1) is 12.1. The van der Waals surface area contributed by atoms with Crippen LogP contribution >= 0.6 is 0 Å². The molecule has 0 aliphatic heterocycles. The summed E-state index contributed by atoms with van der Waals surface area (Å²) in [5, 5.41) is 0. The maximum Gasteiger partial charge on any atom is 0.134 e. The molecule has 0 bridgehead atoms. The lowest BCUT2D eigenvalue weighted by Gasteiger charge is -2.09. The average molecular weight is 235 g/mol. The largest absolute Gasteiger partial charge is 0.497 e. The quantitative estimate of drug-likeness (QED) is 0.854. The summed E-state index contributed by atoms with van der Waals surface area (Å²) in [6, 6.07) is 5.04. The minimum absolute atomic E-state index is 0.0500. The summed E-state index contributed by atoms with van der Waals surface area (Å²) in [5.41, 5.74) is 7.62. The zero-order valence-electron chi connectivity index (χ0n) is 10.1. The number of ether oxygens (including phenoxy) is 1. The van der Waals surface area contributed by atoms with E-state index in [1.807, 2.05) is 6.08 Å². The normalized spacial score (nSPS) is 20.6. The van der Waals surface area contributed by atoms with Crippen molar-refractivity contribution >= 4 is 5.57 Å². The predicted molar refractivity (Wildman–Crippen MR) is 67.4 cm³/mol. The molecule has 0 radical (unpaired) electrons. The molecule has 1 atom stereocenters. The first-order chi connectivity index (χ1) is 8.20. The minimum Gasteiger partial charge on any atom is -0.497 e. The number of hydrogen-bond acceptors (Lipinski definition) is 2. The number of methoxy groups -OCH3 is 1. The van der Waals surface area contributed by atoms with Crippen LogP contribution in [0.2, 0.25) is 0 Å². The summed E-state index contributed by atoms with van der Waals surface area (Å²) in [6.45, 7) is 0. The standard InChI is InChI=1S/C14H18FNO/c1-17-12-6-7-13(14(15)9-12)10-4-2-3-5-11(16)8-10/h6-9,11H,2-5,16H2,1H3. The Hall–Kier alpha value is -1.35. The lowest BCUT2D eigenvalue weighted by molar-refractivity contribution is 0.411. The van der Waals surface area contributed by atoms with Crippen molar-refractivity contribution < 1.29 is 9.13 Å². The third kappa shape index (κ3) is 2.86. The van der Waals surface area contributed by atoms with E-state index in [2.05, 4.69) is 0 Å². The smallest absolute Gasteiger partial charge is 0.134 e. The lowest BCUT2D eigenvalue weighted by Crippen LogP contribution is -2.15. The maximum atomic E-state index is 13.9. The second-order valence-electron chi connectivity index (χ2n) is 4.45. The van der Waals surface area contributed by atoms with E-state index in [9.17, 15) is 4.39 Å². The van der Waals surface area contributed by atoms with Crippen LogP contribution in [0.25, 0.3) is 5.57 Å². The Kier molecular flexibility index (Phi) is 3.79. The molecule has 2 nitrogen and oxygen atoms in total. The topological polar surface area (TPSA) is 35.2 Å². The molecule has 0 aromatic heterocycles. The van der Waals surface area contributed by atoms with Crippen molar-refractivity contribution in [1.82, 2.24) is 0 Å². The average Bonchev–Trinajstić information content (AvgIpc) is 2.53. The van der Waals surface area contributed by atoms with Crippen LogP contribution in [0.15, 0.2) is 24.3 Å². The fourth-order valence-electron chi connectivity index (χ4n) is 2.23. The molecule has 1 aliphatic rings. The number of hydrogen-bond donors (Lipinski definition) is 1. The number of nitrogens with two attached hydrogens (primary N) is 1. The number of benzene rings is 1. The molecule has 2 N–H and O–H groups in total. The van der Waals surface area contributed by atoms with E-state index in [4.69, 9.17) is 10.5 Å². The van der Waals surface area contributed by atoms with Crippen LogP contribution < -0.4 is 10.5 Å². The van der Waals surface area contributed by atoms with Gasteiger partial charge in [0.25, 0.3) is 0 Å². The van der Waals surface area contributed by atoms with E-state index in [1.165, 1.54) is 13.2 Å². The van der Waals surface area contributed by atoms with Crippen LogP contribution in [0.5, 0.6) is 5.75 Å². The Bertz CT molecular complexity index is 428. The number of allylic oxidation sites excluding steroid dienone is 1. The molecule has 17 heavy (non-hydrogen) atoms. The first-order valence-corrected chi connectivity index (χ1v) is 6.01. The van der Waals surface area contributed by atoms with Gasteiger partial charge in [-0.2, -0.15) is 0 Å². The molecule has 2 rings (SSSR count). The molecule has 3 heteroatoms. The van der Waals surface area contributed by atoms with Crippen LogP contribution in [-0.4, -0.2) is 13.2 Å². The molecule has 0 saturated heterocycles. The van der Waals surface area contributed by atoms with Gasteiger partial charge in [0.1, 0.15) is 11.6 Å². The molecular weight excluding hydrogens is 217 g/mol. The highest BCUT2D eigenvalue weighted by Gasteiger charge is 2.13. The molecule has 0 amide bonds. The minimum atomic E-state index is -0.232. The summed E-state index contributed by atoms with van der Waals surface area (Å²) >= 11 is 0. The van der Waals surface area contributed by atoms with Gasteiger partial charge in [0.15, 0.2) is 0 Å². The molecule has 1 aliphatic carbocycles. The molecule has 0 saturated carbocycles. The fourth-order valence-corrected chi connectivity index (χ4v) is 2.23. The van der Waals surface area contributed by atoms with Crippen LogP contribution in [0.1, 0.15) is 31.2 Å². The molecule has 0 fully saturated rings.